The number of fused-ring (bicyclic) bond motifs is 1. The lowest BCUT2D eigenvalue weighted by Gasteiger charge is -2.15. The topological polar surface area (TPSA) is 49.2 Å². The van der Waals surface area contributed by atoms with Gasteiger partial charge in [-0.1, -0.05) is 0 Å². The van der Waals surface area contributed by atoms with E-state index < -0.39 is 0 Å². The molecule has 0 unspecified atom stereocenters. The number of hydrogen-bond acceptors (Lipinski definition) is 4. The van der Waals surface area contributed by atoms with Crippen LogP contribution >= 0.6 is 0 Å². The highest BCUT2D eigenvalue weighted by molar-refractivity contribution is 5.78. The van der Waals surface area contributed by atoms with E-state index in [1.165, 1.54) is 0 Å². The van der Waals surface area contributed by atoms with Crippen molar-refractivity contribution in [1.29, 1.82) is 0 Å². The lowest BCUT2D eigenvalue weighted by atomic mass is 10.2. The fraction of sp³-hybridized carbons (Fsp3) is 0.538. The number of methoxy groups -OCH3 is 1. The van der Waals surface area contributed by atoms with Gasteiger partial charge in [0.05, 0.1) is 18.4 Å². The van der Waals surface area contributed by atoms with Crippen molar-refractivity contribution in [2.75, 3.05) is 13.7 Å². The fourth-order valence-corrected chi connectivity index (χ4v) is 2.53. The number of aryl methyl sites for hydroxylation is 1. The molecule has 96 valence electrons. The quantitative estimate of drug-likeness (QED) is 0.833. The maximum absolute atomic E-state index is 5.97. The average molecular weight is 247 g/mol. The van der Waals surface area contributed by atoms with Crippen molar-refractivity contribution in [3.8, 4) is 0 Å². The summed E-state index contributed by atoms with van der Waals surface area (Å²) in [5.41, 5.74) is 1.95. The van der Waals surface area contributed by atoms with Gasteiger partial charge in [0.15, 0.2) is 0 Å². The molecule has 5 nitrogen and oxygen atoms in total. The molecule has 0 amide bonds. The Balaban J connectivity index is 1.89. The van der Waals surface area contributed by atoms with Crippen molar-refractivity contribution in [2.45, 2.75) is 32.1 Å². The van der Waals surface area contributed by atoms with Crippen molar-refractivity contribution in [3.63, 3.8) is 0 Å². The van der Waals surface area contributed by atoms with Gasteiger partial charge in [-0.2, -0.15) is 0 Å². The summed E-state index contributed by atoms with van der Waals surface area (Å²) in [6.45, 7) is 2.65. The van der Waals surface area contributed by atoms with Crippen LogP contribution < -0.4 is 0 Å². The van der Waals surface area contributed by atoms with Gasteiger partial charge in [0.1, 0.15) is 18.2 Å². The Morgan fingerprint density at radius 3 is 3.17 bits per heavy atom. The first-order valence-corrected chi connectivity index (χ1v) is 6.22. The summed E-state index contributed by atoms with van der Waals surface area (Å²) in [5.74, 6) is 0. The van der Waals surface area contributed by atoms with Crippen molar-refractivity contribution < 1.29 is 9.47 Å². The molecule has 18 heavy (non-hydrogen) atoms. The third kappa shape index (κ3) is 1.89. The molecular weight excluding hydrogens is 230 g/mol. The molecule has 0 saturated carbocycles. The highest BCUT2D eigenvalue weighted by atomic mass is 16.5. The average Bonchev–Trinajstić information content (AvgIpc) is 2.96. The Kier molecular flexibility index (Phi) is 3.01. The van der Waals surface area contributed by atoms with Crippen LogP contribution in [0.1, 0.15) is 24.8 Å². The van der Waals surface area contributed by atoms with Gasteiger partial charge in [-0.25, -0.2) is 9.97 Å². The molecule has 3 heterocycles. The van der Waals surface area contributed by atoms with Gasteiger partial charge in [-0.15, -0.1) is 0 Å². The van der Waals surface area contributed by atoms with Crippen LogP contribution in [0.3, 0.4) is 0 Å². The van der Waals surface area contributed by atoms with E-state index in [4.69, 9.17) is 9.47 Å². The first-order chi connectivity index (χ1) is 8.79. The first-order valence-electron chi connectivity index (χ1n) is 6.22. The molecule has 2 aromatic rings. The van der Waals surface area contributed by atoms with Crippen LogP contribution in [0.15, 0.2) is 18.6 Å². The molecule has 1 fully saturated rings. The van der Waals surface area contributed by atoms with Crippen molar-refractivity contribution in [1.82, 2.24) is 14.5 Å². The van der Waals surface area contributed by atoms with E-state index in [0.29, 0.717) is 6.61 Å². The van der Waals surface area contributed by atoms with E-state index in [1.54, 1.807) is 13.4 Å². The highest BCUT2D eigenvalue weighted by Gasteiger charge is 2.27. The maximum Gasteiger partial charge on any atom is 0.145 e. The predicted octanol–water partition coefficient (Wildman–Crippen LogP) is 2.06. The van der Waals surface area contributed by atoms with Crippen LogP contribution in [-0.2, 0) is 9.47 Å². The van der Waals surface area contributed by atoms with Gasteiger partial charge in [0, 0.05) is 18.7 Å². The molecule has 1 saturated heterocycles. The predicted molar refractivity (Wildman–Crippen MR) is 67.3 cm³/mol. The standard InChI is InChI=1S/C13H17N3O2/c1-9-11-5-6-16(13(11)15-8-14-9)12-4-3-10(18-12)7-17-2/h5-6,8,10,12H,3-4,7H2,1-2H3/t10-,12+/m0/s1. The normalized spacial score (nSPS) is 23.9. The molecule has 0 N–H and O–H groups in total. The number of hydrogen-bond donors (Lipinski definition) is 0. The van der Waals surface area contributed by atoms with E-state index >= 15 is 0 Å². The van der Waals surface area contributed by atoms with E-state index in [0.717, 1.165) is 29.6 Å². The van der Waals surface area contributed by atoms with Crippen LogP contribution in [0.2, 0.25) is 0 Å². The number of ether oxygens (including phenoxy) is 2. The van der Waals surface area contributed by atoms with Crippen LogP contribution in [-0.4, -0.2) is 34.4 Å². The van der Waals surface area contributed by atoms with Crippen LogP contribution in [0, 0.1) is 6.92 Å². The van der Waals surface area contributed by atoms with Crippen molar-refractivity contribution >= 4 is 11.0 Å². The summed E-state index contributed by atoms with van der Waals surface area (Å²) in [6, 6.07) is 2.05. The van der Waals surface area contributed by atoms with Gasteiger partial charge in [0.25, 0.3) is 0 Å². The zero-order valence-corrected chi connectivity index (χ0v) is 10.7. The molecule has 2 aromatic heterocycles. The Labute approximate surface area is 106 Å². The monoisotopic (exact) mass is 247 g/mol. The van der Waals surface area contributed by atoms with E-state index in [-0.39, 0.29) is 12.3 Å². The molecule has 1 aliphatic rings. The minimum Gasteiger partial charge on any atom is -0.382 e. The zero-order chi connectivity index (χ0) is 12.5. The second kappa shape index (κ2) is 4.66. The third-order valence-electron chi connectivity index (χ3n) is 3.46. The fourth-order valence-electron chi connectivity index (χ4n) is 2.53. The van der Waals surface area contributed by atoms with Gasteiger partial charge >= 0.3 is 0 Å². The smallest absolute Gasteiger partial charge is 0.145 e. The van der Waals surface area contributed by atoms with Crippen molar-refractivity contribution in [2.24, 2.45) is 0 Å². The Bertz CT molecular complexity index is 552. The molecule has 0 aromatic carbocycles. The number of aromatic nitrogens is 3. The van der Waals surface area contributed by atoms with Crippen LogP contribution in [0.4, 0.5) is 0 Å². The third-order valence-corrected chi connectivity index (χ3v) is 3.46. The van der Waals surface area contributed by atoms with Crippen LogP contribution in [0.5, 0.6) is 0 Å². The summed E-state index contributed by atoms with van der Waals surface area (Å²) in [6.07, 6.45) is 5.93. The Hall–Kier alpha value is -1.46. The largest absolute Gasteiger partial charge is 0.382 e. The Morgan fingerprint density at radius 1 is 1.44 bits per heavy atom. The van der Waals surface area contributed by atoms with Crippen LogP contribution in [0.25, 0.3) is 11.0 Å². The summed E-state index contributed by atoms with van der Waals surface area (Å²) >= 11 is 0. The van der Waals surface area contributed by atoms with Crippen molar-refractivity contribution in [3.05, 3.63) is 24.3 Å². The molecular formula is C13H17N3O2. The molecule has 3 rings (SSSR count). The number of rotatable bonds is 3. The SMILES string of the molecule is COC[C@@H]1CC[C@H](n2ccc3c(C)ncnc32)O1. The second-order valence-corrected chi connectivity index (χ2v) is 4.66. The Morgan fingerprint density at radius 2 is 2.33 bits per heavy atom. The van der Waals surface area contributed by atoms with Gasteiger partial charge < -0.3 is 14.0 Å². The van der Waals surface area contributed by atoms with E-state index in [2.05, 4.69) is 20.6 Å². The van der Waals surface area contributed by atoms with Gasteiger partial charge in [0.2, 0.25) is 0 Å². The minimum absolute atomic E-state index is 0.0666. The number of nitrogens with zero attached hydrogens (tertiary/aromatic N) is 3. The molecule has 0 aliphatic carbocycles. The molecule has 0 bridgehead atoms. The van der Waals surface area contributed by atoms with E-state index in [9.17, 15) is 0 Å². The second-order valence-electron chi connectivity index (χ2n) is 4.66. The van der Waals surface area contributed by atoms with Gasteiger partial charge in [-0.3, -0.25) is 0 Å². The molecule has 0 radical (unpaired) electrons. The summed E-state index contributed by atoms with van der Waals surface area (Å²) in [7, 11) is 1.71. The molecule has 5 heteroatoms. The zero-order valence-electron chi connectivity index (χ0n) is 10.7. The molecule has 1 aliphatic heterocycles. The highest BCUT2D eigenvalue weighted by Crippen LogP contribution is 2.31. The molecule has 0 spiro atoms. The minimum atomic E-state index is 0.0666. The first kappa shape index (κ1) is 11.6. The van der Waals surface area contributed by atoms with Gasteiger partial charge in [-0.05, 0) is 25.8 Å². The maximum atomic E-state index is 5.97. The summed E-state index contributed by atoms with van der Waals surface area (Å²) < 4.78 is 13.2. The lowest BCUT2D eigenvalue weighted by molar-refractivity contribution is -0.0298. The molecule has 2 atom stereocenters. The lowest BCUT2D eigenvalue weighted by Crippen LogP contribution is -2.15. The summed E-state index contributed by atoms with van der Waals surface area (Å²) in [4.78, 5) is 8.56. The van der Waals surface area contributed by atoms with E-state index in [1.807, 2.05) is 13.1 Å². The summed E-state index contributed by atoms with van der Waals surface area (Å²) in [5, 5.41) is 1.09.